The Hall–Kier alpha value is -2.23. The van der Waals surface area contributed by atoms with Gasteiger partial charge in [0.1, 0.15) is 0 Å². The molecule has 0 bridgehead atoms. The third kappa shape index (κ3) is 2.30. The summed E-state index contributed by atoms with van der Waals surface area (Å²) >= 11 is 0. The molecule has 0 radical (unpaired) electrons. The highest BCUT2D eigenvalue weighted by atomic mass is 16.1. The number of primary amides is 1. The van der Waals surface area contributed by atoms with Crippen LogP contribution in [-0.2, 0) is 0 Å². The van der Waals surface area contributed by atoms with E-state index in [2.05, 4.69) is 9.97 Å². The summed E-state index contributed by atoms with van der Waals surface area (Å²) in [5, 5.41) is 0. The summed E-state index contributed by atoms with van der Waals surface area (Å²) in [7, 11) is 0. The van der Waals surface area contributed by atoms with Gasteiger partial charge in [-0.2, -0.15) is 0 Å². The third-order valence-corrected chi connectivity index (χ3v) is 2.72. The second kappa shape index (κ2) is 4.74. The predicted molar refractivity (Wildman–Crippen MR) is 64.5 cm³/mol. The Bertz CT molecular complexity index is 525. The number of amides is 1. The number of aromatic nitrogens is 2. The summed E-state index contributed by atoms with van der Waals surface area (Å²) in [5.41, 5.74) is 7.58. The highest BCUT2D eigenvalue weighted by molar-refractivity contribution is 5.94. The molecule has 1 unspecified atom stereocenters. The second-order valence-corrected chi connectivity index (χ2v) is 3.80. The van der Waals surface area contributed by atoms with E-state index in [-0.39, 0.29) is 5.92 Å². The molecule has 17 heavy (non-hydrogen) atoms. The van der Waals surface area contributed by atoms with E-state index in [0.29, 0.717) is 5.56 Å². The maximum Gasteiger partial charge on any atom is 0.248 e. The lowest BCUT2D eigenvalue weighted by Crippen LogP contribution is -2.15. The van der Waals surface area contributed by atoms with Gasteiger partial charge in [0, 0.05) is 30.1 Å². The summed E-state index contributed by atoms with van der Waals surface area (Å²) in [6, 6.07) is 7.30. The zero-order chi connectivity index (χ0) is 12.3. The van der Waals surface area contributed by atoms with Crippen molar-refractivity contribution in [2.75, 3.05) is 0 Å². The monoisotopic (exact) mass is 227 g/mol. The average Bonchev–Trinajstić information content (AvgIpc) is 2.39. The number of hydrogen-bond acceptors (Lipinski definition) is 3. The van der Waals surface area contributed by atoms with Crippen molar-refractivity contribution in [2.24, 2.45) is 5.73 Å². The number of hydrogen-bond donors (Lipinski definition) is 1. The smallest absolute Gasteiger partial charge is 0.248 e. The van der Waals surface area contributed by atoms with Crippen molar-refractivity contribution in [3.05, 3.63) is 59.7 Å². The number of nitrogens with zero attached hydrogens (tertiary/aromatic N) is 2. The Labute approximate surface area is 99.5 Å². The Morgan fingerprint density at radius 2 is 2.06 bits per heavy atom. The third-order valence-electron chi connectivity index (χ3n) is 2.72. The molecule has 1 amide bonds. The van der Waals surface area contributed by atoms with Crippen molar-refractivity contribution < 1.29 is 4.79 Å². The first-order chi connectivity index (χ1) is 8.20. The first-order valence-electron chi connectivity index (χ1n) is 5.35. The number of carbonyl (C=O) groups is 1. The molecule has 1 heterocycles. The molecule has 86 valence electrons. The highest BCUT2D eigenvalue weighted by Crippen LogP contribution is 2.24. The summed E-state index contributed by atoms with van der Waals surface area (Å²) in [6.07, 6.45) is 4.96. The molecule has 2 aromatic rings. The molecular weight excluding hydrogens is 214 g/mol. The summed E-state index contributed by atoms with van der Waals surface area (Å²) < 4.78 is 0. The molecule has 4 nitrogen and oxygen atoms in total. The Balaban J connectivity index is 2.44. The van der Waals surface area contributed by atoms with Gasteiger partial charge in [-0.3, -0.25) is 14.8 Å². The molecule has 1 atom stereocenters. The molecule has 0 spiro atoms. The minimum absolute atomic E-state index is 0.00704. The SMILES string of the molecule is CC(c1cnccn1)c1ccccc1C(N)=O. The van der Waals surface area contributed by atoms with Gasteiger partial charge in [-0.05, 0) is 11.6 Å². The Morgan fingerprint density at radius 1 is 1.29 bits per heavy atom. The Kier molecular flexibility index (Phi) is 3.14. The number of carbonyl (C=O) groups excluding carboxylic acids is 1. The molecule has 2 rings (SSSR count). The average molecular weight is 227 g/mol. The van der Waals surface area contributed by atoms with Gasteiger partial charge in [0.25, 0.3) is 0 Å². The maximum absolute atomic E-state index is 11.3. The lowest BCUT2D eigenvalue weighted by Gasteiger charge is -2.13. The zero-order valence-corrected chi connectivity index (χ0v) is 9.50. The van der Waals surface area contributed by atoms with Crippen LogP contribution in [0.1, 0.15) is 34.5 Å². The van der Waals surface area contributed by atoms with E-state index in [4.69, 9.17) is 5.73 Å². The van der Waals surface area contributed by atoms with Crippen molar-refractivity contribution in [1.82, 2.24) is 9.97 Å². The lowest BCUT2D eigenvalue weighted by molar-refractivity contribution is 0.0999. The van der Waals surface area contributed by atoms with E-state index in [1.54, 1.807) is 30.7 Å². The van der Waals surface area contributed by atoms with Gasteiger partial charge in [0.2, 0.25) is 5.91 Å². The number of nitrogens with two attached hydrogens (primary N) is 1. The van der Waals surface area contributed by atoms with Crippen LogP contribution >= 0.6 is 0 Å². The highest BCUT2D eigenvalue weighted by Gasteiger charge is 2.16. The normalized spacial score (nSPS) is 12.1. The van der Waals surface area contributed by atoms with E-state index < -0.39 is 5.91 Å². The van der Waals surface area contributed by atoms with Gasteiger partial charge < -0.3 is 5.73 Å². The van der Waals surface area contributed by atoms with Crippen LogP contribution in [0.4, 0.5) is 0 Å². The van der Waals surface area contributed by atoms with Crippen LogP contribution < -0.4 is 5.73 Å². The molecule has 0 fully saturated rings. The fraction of sp³-hybridized carbons (Fsp3) is 0.154. The molecular formula is C13H13N3O. The van der Waals surface area contributed by atoms with E-state index in [0.717, 1.165) is 11.3 Å². The first kappa shape index (κ1) is 11.3. The van der Waals surface area contributed by atoms with Gasteiger partial charge in [0.05, 0.1) is 5.69 Å². The van der Waals surface area contributed by atoms with Crippen molar-refractivity contribution in [3.63, 3.8) is 0 Å². The first-order valence-corrected chi connectivity index (χ1v) is 5.35. The van der Waals surface area contributed by atoms with Crippen LogP contribution in [0.2, 0.25) is 0 Å². The van der Waals surface area contributed by atoms with Crippen LogP contribution in [0.25, 0.3) is 0 Å². The fourth-order valence-corrected chi connectivity index (χ4v) is 1.79. The zero-order valence-electron chi connectivity index (χ0n) is 9.50. The molecule has 0 saturated heterocycles. The van der Waals surface area contributed by atoms with Crippen LogP contribution in [0, 0.1) is 0 Å². The summed E-state index contributed by atoms with van der Waals surface area (Å²) in [5.74, 6) is -0.427. The van der Waals surface area contributed by atoms with Gasteiger partial charge in [-0.1, -0.05) is 25.1 Å². The van der Waals surface area contributed by atoms with Crippen LogP contribution in [0.15, 0.2) is 42.9 Å². The van der Waals surface area contributed by atoms with Crippen LogP contribution in [0.5, 0.6) is 0 Å². The van der Waals surface area contributed by atoms with E-state index in [1.807, 2.05) is 19.1 Å². The summed E-state index contributed by atoms with van der Waals surface area (Å²) in [6.45, 7) is 1.98. The van der Waals surface area contributed by atoms with Crippen molar-refractivity contribution in [2.45, 2.75) is 12.8 Å². The van der Waals surface area contributed by atoms with Crippen LogP contribution in [-0.4, -0.2) is 15.9 Å². The molecule has 0 aliphatic carbocycles. The van der Waals surface area contributed by atoms with Gasteiger partial charge in [0.15, 0.2) is 0 Å². The largest absolute Gasteiger partial charge is 0.366 e. The van der Waals surface area contributed by atoms with Crippen LogP contribution in [0.3, 0.4) is 0 Å². The van der Waals surface area contributed by atoms with E-state index in [1.165, 1.54) is 0 Å². The quantitative estimate of drug-likeness (QED) is 0.868. The molecule has 0 saturated carbocycles. The molecule has 4 heteroatoms. The van der Waals surface area contributed by atoms with Gasteiger partial charge in [-0.15, -0.1) is 0 Å². The molecule has 1 aromatic carbocycles. The van der Waals surface area contributed by atoms with Crippen molar-refractivity contribution in [1.29, 1.82) is 0 Å². The van der Waals surface area contributed by atoms with E-state index in [9.17, 15) is 4.79 Å². The lowest BCUT2D eigenvalue weighted by atomic mass is 9.93. The van der Waals surface area contributed by atoms with Gasteiger partial charge in [-0.25, -0.2) is 0 Å². The van der Waals surface area contributed by atoms with Gasteiger partial charge >= 0.3 is 0 Å². The fourth-order valence-electron chi connectivity index (χ4n) is 1.79. The topological polar surface area (TPSA) is 68.9 Å². The van der Waals surface area contributed by atoms with Crippen molar-refractivity contribution >= 4 is 5.91 Å². The number of rotatable bonds is 3. The Morgan fingerprint density at radius 3 is 2.71 bits per heavy atom. The standard InChI is InChI=1S/C13H13N3O/c1-9(12-8-15-6-7-16-12)10-4-2-3-5-11(10)13(14)17/h2-9H,1H3,(H2,14,17). The maximum atomic E-state index is 11.3. The minimum Gasteiger partial charge on any atom is -0.366 e. The molecule has 0 aliphatic rings. The molecule has 2 N–H and O–H groups in total. The number of benzene rings is 1. The second-order valence-electron chi connectivity index (χ2n) is 3.80. The molecule has 1 aromatic heterocycles. The minimum atomic E-state index is -0.420. The predicted octanol–water partition coefficient (Wildman–Crippen LogP) is 1.73. The molecule has 0 aliphatic heterocycles. The van der Waals surface area contributed by atoms with E-state index >= 15 is 0 Å². The summed E-state index contributed by atoms with van der Waals surface area (Å²) in [4.78, 5) is 19.6. The van der Waals surface area contributed by atoms with Crippen molar-refractivity contribution in [3.8, 4) is 0 Å².